The van der Waals surface area contributed by atoms with Gasteiger partial charge in [-0.2, -0.15) is 0 Å². The average Bonchev–Trinajstić information content (AvgIpc) is 2.61. The molecule has 114 valence electrons. The fraction of sp³-hybridized carbons (Fsp3) is 0.611. The number of hydrogen-bond acceptors (Lipinski definition) is 1. The first-order valence-electron chi connectivity index (χ1n) is 7.76. The molecule has 0 aromatic heterocycles. The highest BCUT2D eigenvalue weighted by atomic mass is 79.9. The molecule has 1 aromatic carbocycles. The Bertz CT molecular complexity index is 595. The van der Waals surface area contributed by atoms with Gasteiger partial charge in [-0.15, -0.1) is 0 Å². The van der Waals surface area contributed by atoms with E-state index in [4.69, 9.17) is 0 Å². The van der Waals surface area contributed by atoms with E-state index in [0.717, 1.165) is 35.0 Å². The first-order chi connectivity index (χ1) is 9.69. The molecule has 1 amide bonds. The van der Waals surface area contributed by atoms with Crippen molar-refractivity contribution in [2.24, 2.45) is 10.8 Å². The minimum absolute atomic E-state index is 0.209. The predicted molar refractivity (Wildman–Crippen MR) is 89.4 cm³/mol. The van der Waals surface area contributed by atoms with Gasteiger partial charge in [-0.3, -0.25) is 4.79 Å². The lowest BCUT2D eigenvalue weighted by atomic mass is 9.65. The number of halogens is 1. The highest BCUT2D eigenvalue weighted by molar-refractivity contribution is 9.10. The van der Waals surface area contributed by atoms with Gasteiger partial charge in [0.15, 0.2) is 0 Å². The van der Waals surface area contributed by atoms with E-state index >= 15 is 0 Å². The summed E-state index contributed by atoms with van der Waals surface area (Å²) in [7, 11) is 0. The number of amides is 1. The van der Waals surface area contributed by atoms with Gasteiger partial charge in [-0.05, 0) is 54.7 Å². The van der Waals surface area contributed by atoms with Crippen molar-refractivity contribution in [3.63, 3.8) is 0 Å². The number of carbonyl (C=O) groups is 1. The van der Waals surface area contributed by atoms with E-state index < -0.39 is 0 Å². The molecule has 2 atom stereocenters. The summed E-state index contributed by atoms with van der Waals surface area (Å²) >= 11 is 3.49. The summed E-state index contributed by atoms with van der Waals surface area (Å²) in [5.41, 5.74) is 2.55. The summed E-state index contributed by atoms with van der Waals surface area (Å²) in [5, 5.41) is 0. The predicted octanol–water partition coefficient (Wildman–Crippen LogP) is 4.80. The van der Waals surface area contributed by atoms with Gasteiger partial charge in [0.1, 0.15) is 0 Å². The maximum atomic E-state index is 13.0. The summed E-state index contributed by atoms with van der Waals surface area (Å²) in [6.07, 6.45) is 3.51. The average molecular weight is 350 g/mol. The fourth-order valence-corrected chi connectivity index (χ4v) is 5.04. The van der Waals surface area contributed by atoms with Crippen LogP contribution in [0.2, 0.25) is 0 Å². The molecule has 1 aromatic rings. The molecule has 1 aliphatic carbocycles. The molecule has 21 heavy (non-hydrogen) atoms. The van der Waals surface area contributed by atoms with Gasteiger partial charge in [0, 0.05) is 22.6 Å². The van der Waals surface area contributed by atoms with Gasteiger partial charge >= 0.3 is 0 Å². The number of carbonyl (C=O) groups excluding carboxylic acids is 1. The van der Waals surface area contributed by atoms with E-state index in [9.17, 15) is 4.79 Å². The van der Waals surface area contributed by atoms with E-state index in [1.807, 2.05) is 25.1 Å². The molecule has 2 bridgehead atoms. The Labute approximate surface area is 136 Å². The van der Waals surface area contributed by atoms with Crippen LogP contribution in [-0.4, -0.2) is 23.4 Å². The van der Waals surface area contributed by atoms with Crippen molar-refractivity contribution in [1.29, 1.82) is 0 Å². The Morgan fingerprint density at radius 3 is 2.71 bits per heavy atom. The zero-order chi connectivity index (χ0) is 15.4. The Morgan fingerprint density at radius 2 is 2.00 bits per heavy atom. The molecule has 1 heterocycles. The Hall–Kier alpha value is -0.830. The third-order valence-electron chi connectivity index (χ3n) is 5.11. The molecule has 2 unspecified atom stereocenters. The molecule has 1 saturated carbocycles. The maximum absolute atomic E-state index is 13.0. The normalized spacial score (nSPS) is 30.5. The van der Waals surface area contributed by atoms with Gasteiger partial charge in [0.25, 0.3) is 5.91 Å². The first kappa shape index (κ1) is 15.1. The van der Waals surface area contributed by atoms with Crippen molar-refractivity contribution in [2.45, 2.75) is 53.0 Å². The van der Waals surface area contributed by atoms with Crippen molar-refractivity contribution in [1.82, 2.24) is 4.90 Å². The second-order valence-corrected chi connectivity index (χ2v) is 9.02. The molecule has 2 aliphatic rings. The molecule has 0 spiro atoms. The van der Waals surface area contributed by atoms with Crippen LogP contribution in [-0.2, 0) is 0 Å². The van der Waals surface area contributed by atoms with Crippen molar-refractivity contribution >= 4 is 21.8 Å². The van der Waals surface area contributed by atoms with Crippen LogP contribution in [0.4, 0.5) is 0 Å². The van der Waals surface area contributed by atoms with E-state index in [-0.39, 0.29) is 5.91 Å². The summed E-state index contributed by atoms with van der Waals surface area (Å²) < 4.78 is 0.977. The highest BCUT2D eigenvalue weighted by Crippen LogP contribution is 2.52. The fourth-order valence-electron chi connectivity index (χ4n) is 4.68. The van der Waals surface area contributed by atoms with Gasteiger partial charge in [0.05, 0.1) is 0 Å². The van der Waals surface area contributed by atoms with Crippen LogP contribution in [0.15, 0.2) is 22.7 Å². The molecular weight excluding hydrogens is 326 g/mol. The molecule has 2 nitrogen and oxygen atoms in total. The van der Waals surface area contributed by atoms with Gasteiger partial charge < -0.3 is 4.90 Å². The zero-order valence-electron chi connectivity index (χ0n) is 13.4. The van der Waals surface area contributed by atoms with Crippen LogP contribution in [0.25, 0.3) is 0 Å². The smallest absolute Gasteiger partial charge is 0.254 e. The third kappa shape index (κ3) is 2.77. The minimum atomic E-state index is 0.209. The molecule has 0 N–H and O–H groups in total. The number of aryl methyl sites for hydroxylation is 1. The number of likely N-dealkylation sites (tertiary alicyclic amines) is 1. The second kappa shape index (κ2) is 4.84. The van der Waals surface area contributed by atoms with Gasteiger partial charge in [-0.25, -0.2) is 0 Å². The van der Waals surface area contributed by atoms with Gasteiger partial charge in [-0.1, -0.05) is 42.8 Å². The van der Waals surface area contributed by atoms with Crippen LogP contribution in [0.3, 0.4) is 0 Å². The van der Waals surface area contributed by atoms with E-state index in [0.29, 0.717) is 16.9 Å². The quantitative estimate of drug-likeness (QED) is 0.713. The minimum Gasteiger partial charge on any atom is -0.335 e. The van der Waals surface area contributed by atoms with Gasteiger partial charge in [0.2, 0.25) is 0 Å². The topological polar surface area (TPSA) is 20.3 Å². The number of hydrogen-bond donors (Lipinski definition) is 0. The summed E-state index contributed by atoms with van der Waals surface area (Å²) in [6, 6.07) is 6.39. The van der Waals surface area contributed by atoms with Crippen LogP contribution in [0.5, 0.6) is 0 Å². The monoisotopic (exact) mass is 349 g/mol. The van der Waals surface area contributed by atoms with Crippen LogP contribution in [0.1, 0.15) is 56.0 Å². The first-order valence-corrected chi connectivity index (χ1v) is 8.56. The molecule has 3 rings (SSSR count). The Balaban J connectivity index is 1.91. The lowest BCUT2D eigenvalue weighted by Crippen LogP contribution is -2.38. The number of nitrogens with zero attached hydrogens (tertiary/aromatic N) is 1. The van der Waals surface area contributed by atoms with Crippen molar-refractivity contribution in [3.05, 3.63) is 33.8 Å². The van der Waals surface area contributed by atoms with Crippen LogP contribution < -0.4 is 0 Å². The molecule has 1 saturated heterocycles. The lowest BCUT2D eigenvalue weighted by molar-refractivity contribution is 0.0707. The zero-order valence-corrected chi connectivity index (χ0v) is 15.0. The standard InChI is InChI=1S/C18H24BrNO/c1-12-5-6-13(19)7-15(12)16(21)20-11-18(4)9-14(20)8-17(2,3)10-18/h5-7,14H,8-11H2,1-4H3. The molecular formula is C18H24BrNO. The summed E-state index contributed by atoms with van der Waals surface area (Å²) in [6.45, 7) is 9.97. The summed E-state index contributed by atoms with van der Waals surface area (Å²) in [4.78, 5) is 15.2. The molecule has 2 fully saturated rings. The van der Waals surface area contributed by atoms with Crippen molar-refractivity contribution in [3.8, 4) is 0 Å². The second-order valence-electron chi connectivity index (χ2n) is 8.11. The maximum Gasteiger partial charge on any atom is 0.254 e. The van der Waals surface area contributed by atoms with E-state index in [1.165, 1.54) is 6.42 Å². The lowest BCUT2D eigenvalue weighted by Gasteiger charge is -2.39. The number of fused-ring (bicyclic) bond motifs is 2. The van der Waals surface area contributed by atoms with E-state index in [1.54, 1.807) is 0 Å². The molecule has 3 heteroatoms. The number of rotatable bonds is 1. The highest BCUT2D eigenvalue weighted by Gasteiger charge is 2.51. The van der Waals surface area contributed by atoms with Crippen molar-refractivity contribution < 1.29 is 4.79 Å². The van der Waals surface area contributed by atoms with Crippen LogP contribution in [0, 0.1) is 17.8 Å². The molecule has 1 aliphatic heterocycles. The van der Waals surface area contributed by atoms with Crippen molar-refractivity contribution in [2.75, 3.05) is 6.54 Å². The number of benzene rings is 1. The third-order valence-corrected chi connectivity index (χ3v) is 5.60. The summed E-state index contributed by atoms with van der Waals surface area (Å²) in [5.74, 6) is 0.209. The SMILES string of the molecule is Cc1ccc(Br)cc1C(=O)N1CC2(C)CC1CC(C)(C)C2. The largest absolute Gasteiger partial charge is 0.335 e. The van der Waals surface area contributed by atoms with Crippen LogP contribution >= 0.6 is 15.9 Å². The molecule has 0 radical (unpaired) electrons. The van der Waals surface area contributed by atoms with E-state index in [2.05, 4.69) is 41.6 Å². The Morgan fingerprint density at radius 1 is 1.29 bits per heavy atom. The Kier molecular flexibility index (Phi) is 3.47.